The van der Waals surface area contributed by atoms with Crippen molar-refractivity contribution in [2.45, 2.75) is 11.8 Å². The van der Waals surface area contributed by atoms with Crippen molar-refractivity contribution < 1.29 is 4.79 Å². The first-order valence-corrected chi connectivity index (χ1v) is 10.4. The number of hydrogen-bond donors (Lipinski definition) is 2. The van der Waals surface area contributed by atoms with E-state index in [0.29, 0.717) is 17.0 Å². The third kappa shape index (κ3) is 4.38. The maximum atomic E-state index is 12.8. The fourth-order valence-corrected chi connectivity index (χ4v) is 3.48. The van der Waals surface area contributed by atoms with E-state index in [1.165, 1.54) is 0 Å². The van der Waals surface area contributed by atoms with Crippen molar-refractivity contribution in [3.8, 4) is 0 Å². The Bertz CT molecular complexity index is 1190. The summed E-state index contributed by atoms with van der Waals surface area (Å²) in [6.45, 7) is 2.03. The minimum atomic E-state index is -0.346. The number of hydrogen-bond acceptors (Lipinski definition) is 5. The van der Waals surface area contributed by atoms with Crippen LogP contribution in [0.2, 0.25) is 0 Å². The number of carbonyl (C=O) groups is 1. The molecule has 3 aromatic carbocycles. The Labute approximate surface area is 173 Å². The van der Waals surface area contributed by atoms with Gasteiger partial charge in [0, 0.05) is 21.7 Å². The lowest BCUT2D eigenvalue weighted by Gasteiger charge is -2.12. The van der Waals surface area contributed by atoms with Crippen LogP contribution in [0.5, 0.6) is 0 Å². The fraction of sp³-hybridized carbons (Fsp3) is 0.0870. The molecule has 0 atom stereocenters. The van der Waals surface area contributed by atoms with E-state index >= 15 is 0 Å². The van der Waals surface area contributed by atoms with E-state index in [4.69, 9.17) is 0 Å². The van der Waals surface area contributed by atoms with Crippen LogP contribution in [0, 0.1) is 6.92 Å². The fourth-order valence-electron chi connectivity index (χ4n) is 3.02. The molecule has 144 valence electrons. The van der Waals surface area contributed by atoms with Crippen molar-refractivity contribution in [2.24, 2.45) is 0 Å². The number of nitrogens with zero attached hydrogens (tertiary/aromatic N) is 2. The van der Waals surface area contributed by atoms with Gasteiger partial charge in [-0.3, -0.25) is 4.79 Å². The number of anilines is 3. The molecular weight excluding hydrogens is 380 g/mol. The molecule has 0 unspecified atom stereocenters. The Balaban J connectivity index is 1.70. The second-order valence-electron chi connectivity index (χ2n) is 6.59. The van der Waals surface area contributed by atoms with Crippen molar-refractivity contribution in [2.75, 3.05) is 16.9 Å². The first-order chi connectivity index (χ1) is 14.1. The van der Waals surface area contributed by atoms with Gasteiger partial charge in [0.1, 0.15) is 5.82 Å². The topological polar surface area (TPSA) is 66.9 Å². The first-order valence-electron chi connectivity index (χ1n) is 9.18. The number of aryl methyl sites for hydroxylation is 1. The number of benzene rings is 3. The van der Waals surface area contributed by atoms with E-state index in [2.05, 4.69) is 20.6 Å². The van der Waals surface area contributed by atoms with Crippen molar-refractivity contribution >= 4 is 45.8 Å². The predicted octanol–water partition coefficient (Wildman–Crippen LogP) is 5.66. The van der Waals surface area contributed by atoms with E-state index in [9.17, 15) is 4.79 Å². The van der Waals surface area contributed by atoms with Crippen LogP contribution >= 0.6 is 11.8 Å². The zero-order valence-corrected chi connectivity index (χ0v) is 17.0. The molecule has 4 rings (SSSR count). The van der Waals surface area contributed by atoms with Gasteiger partial charge in [-0.25, -0.2) is 9.97 Å². The van der Waals surface area contributed by atoms with Crippen LogP contribution in [0.25, 0.3) is 10.9 Å². The summed E-state index contributed by atoms with van der Waals surface area (Å²) >= 11 is 1.62. The monoisotopic (exact) mass is 400 g/mol. The smallest absolute Gasteiger partial charge is 0.293 e. The standard InChI is InChI=1S/C23H20N4OS/c1-15-7-5-8-16(13-15)24-21-19-11-3-4-12-20(19)26-22(27-21)23(28)25-17-9-6-10-18(14-17)29-2/h3-14H,1-2H3,(H,25,28)(H,24,26,27). The molecule has 0 fully saturated rings. The minimum Gasteiger partial charge on any atom is -0.340 e. The molecule has 0 saturated carbocycles. The summed E-state index contributed by atoms with van der Waals surface area (Å²) < 4.78 is 0. The molecule has 6 heteroatoms. The van der Waals surface area contributed by atoms with Gasteiger partial charge >= 0.3 is 0 Å². The van der Waals surface area contributed by atoms with Gasteiger partial charge in [0.05, 0.1) is 5.52 Å². The van der Waals surface area contributed by atoms with Gasteiger partial charge in [0.15, 0.2) is 0 Å². The molecule has 0 aliphatic rings. The molecule has 1 aromatic heterocycles. The highest BCUT2D eigenvalue weighted by atomic mass is 32.2. The molecule has 0 saturated heterocycles. The zero-order valence-electron chi connectivity index (χ0n) is 16.1. The molecule has 1 heterocycles. The van der Waals surface area contributed by atoms with Crippen LogP contribution in [0.4, 0.5) is 17.2 Å². The minimum absolute atomic E-state index is 0.119. The molecule has 0 bridgehead atoms. The lowest BCUT2D eigenvalue weighted by Crippen LogP contribution is -2.16. The number of para-hydroxylation sites is 1. The van der Waals surface area contributed by atoms with Gasteiger partial charge in [-0.15, -0.1) is 11.8 Å². The molecule has 0 spiro atoms. The average molecular weight is 401 g/mol. The van der Waals surface area contributed by atoms with Gasteiger partial charge in [-0.1, -0.05) is 30.3 Å². The lowest BCUT2D eigenvalue weighted by molar-refractivity contribution is 0.101. The van der Waals surface area contributed by atoms with Gasteiger partial charge in [0.25, 0.3) is 5.91 Å². The van der Waals surface area contributed by atoms with Crippen molar-refractivity contribution in [1.82, 2.24) is 9.97 Å². The summed E-state index contributed by atoms with van der Waals surface area (Å²) in [5, 5.41) is 7.08. The summed E-state index contributed by atoms with van der Waals surface area (Å²) in [7, 11) is 0. The summed E-state index contributed by atoms with van der Waals surface area (Å²) in [5.74, 6) is 0.374. The third-order valence-electron chi connectivity index (χ3n) is 4.41. The van der Waals surface area contributed by atoms with Gasteiger partial charge < -0.3 is 10.6 Å². The van der Waals surface area contributed by atoms with Crippen molar-refractivity contribution in [3.05, 3.63) is 84.2 Å². The SMILES string of the molecule is CSc1cccc(NC(=O)c2nc(Nc3cccc(C)c3)c3ccccc3n2)c1. The largest absolute Gasteiger partial charge is 0.340 e. The normalized spacial score (nSPS) is 10.7. The Hall–Kier alpha value is -3.38. The van der Waals surface area contributed by atoms with Crippen LogP contribution in [-0.4, -0.2) is 22.1 Å². The number of thioether (sulfide) groups is 1. The Kier molecular flexibility index (Phi) is 5.44. The number of fused-ring (bicyclic) bond motifs is 1. The molecule has 2 N–H and O–H groups in total. The van der Waals surface area contributed by atoms with Crippen LogP contribution in [0.1, 0.15) is 16.2 Å². The van der Waals surface area contributed by atoms with Gasteiger partial charge in [-0.2, -0.15) is 0 Å². The number of carbonyl (C=O) groups excluding carboxylic acids is 1. The number of aromatic nitrogens is 2. The molecule has 0 radical (unpaired) electrons. The van der Waals surface area contributed by atoms with Crippen LogP contribution < -0.4 is 10.6 Å². The Morgan fingerprint density at radius 2 is 1.69 bits per heavy atom. The predicted molar refractivity (Wildman–Crippen MR) is 120 cm³/mol. The molecule has 1 amide bonds. The molecular formula is C23H20N4OS. The third-order valence-corrected chi connectivity index (χ3v) is 5.14. The quantitative estimate of drug-likeness (QED) is 0.423. The average Bonchev–Trinajstić information content (AvgIpc) is 2.74. The molecule has 0 aliphatic heterocycles. The maximum absolute atomic E-state index is 12.8. The number of rotatable bonds is 5. The van der Waals surface area contributed by atoms with E-state index in [1.807, 2.05) is 86.0 Å². The highest BCUT2D eigenvalue weighted by Crippen LogP contribution is 2.25. The first kappa shape index (κ1) is 19.0. The molecule has 5 nitrogen and oxygen atoms in total. The van der Waals surface area contributed by atoms with Crippen molar-refractivity contribution in [1.29, 1.82) is 0 Å². The molecule has 4 aromatic rings. The van der Waals surface area contributed by atoms with E-state index in [0.717, 1.165) is 21.5 Å². The van der Waals surface area contributed by atoms with E-state index < -0.39 is 0 Å². The second-order valence-corrected chi connectivity index (χ2v) is 7.47. The second kappa shape index (κ2) is 8.32. The highest BCUT2D eigenvalue weighted by molar-refractivity contribution is 7.98. The van der Waals surface area contributed by atoms with Gasteiger partial charge in [-0.05, 0) is 61.2 Å². The van der Waals surface area contributed by atoms with Crippen LogP contribution in [0.3, 0.4) is 0 Å². The zero-order chi connectivity index (χ0) is 20.2. The molecule has 29 heavy (non-hydrogen) atoms. The van der Waals surface area contributed by atoms with E-state index in [-0.39, 0.29) is 11.7 Å². The summed E-state index contributed by atoms with van der Waals surface area (Å²) in [6.07, 6.45) is 2.00. The highest BCUT2D eigenvalue weighted by Gasteiger charge is 2.15. The van der Waals surface area contributed by atoms with Gasteiger partial charge in [0.2, 0.25) is 5.82 Å². The number of amides is 1. The van der Waals surface area contributed by atoms with Crippen LogP contribution in [-0.2, 0) is 0 Å². The number of nitrogens with one attached hydrogen (secondary N) is 2. The van der Waals surface area contributed by atoms with Crippen molar-refractivity contribution in [3.63, 3.8) is 0 Å². The Morgan fingerprint density at radius 3 is 2.52 bits per heavy atom. The van der Waals surface area contributed by atoms with Crippen LogP contribution in [0.15, 0.2) is 77.7 Å². The lowest BCUT2D eigenvalue weighted by atomic mass is 10.2. The summed E-state index contributed by atoms with van der Waals surface area (Å²) in [6, 6.07) is 23.3. The molecule has 0 aliphatic carbocycles. The summed E-state index contributed by atoms with van der Waals surface area (Å²) in [5.41, 5.74) is 3.47. The van der Waals surface area contributed by atoms with E-state index in [1.54, 1.807) is 11.8 Å². The summed E-state index contributed by atoms with van der Waals surface area (Å²) in [4.78, 5) is 22.9. The Morgan fingerprint density at radius 1 is 0.897 bits per heavy atom. The maximum Gasteiger partial charge on any atom is 0.293 e.